The summed E-state index contributed by atoms with van der Waals surface area (Å²) in [6.45, 7) is 0. The molecule has 0 aliphatic carbocycles. The Morgan fingerprint density at radius 1 is 1.19 bits per heavy atom. The van der Waals surface area contributed by atoms with Gasteiger partial charge in [0.25, 0.3) is 0 Å². The van der Waals surface area contributed by atoms with Gasteiger partial charge in [-0.1, -0.05) is 35.3 Å². The van der Waals surface area contributed by atoms with Crippen molar-refractivity contribution >= 4 is 40.2 Å². The number of rotatable bonds is 2. The maximum absolute atomic E-state index is 11.6. The number of fused-ring (bicyclic) bond motifs is 1. The standard InChI is InChI=1S/C15H10Cl2N2O2/c1-21-15(20)8-6-11(17)13-12(7-8)18-14(19-13)9-4-2-3-5-10(9)16/h2-7H,1H3,(H,18,19). The Kier molecular flexibility index (Phi) is 3.57. The SMILES string of the molecule is COC(=O)c1cc(Cl)c2nc(-c3ccccc3Cl)[nH]c2c1. The molecule has 0 spiro atoms. The van der Waals surface area contributed by atoms with E-state index in [1.807, 2.05) is 18.2 Å². The minimum atomic E-state index is -0.451. The number of ether oxygens (including phenoxy) is 1. The average Bonchev–Trinajstić information content (AvgIpc) is 2.91. The number of imidazole rings is 1. The van der Waals surface area contributed by atoms with Gasteiger partial charge in [-0.2, -0.15) is 0 Å². The molecule has 1 heterocycles. The number of methoxy groups -OCH3 is 1. The third kappa shape index (κ3) is 2.48. The van der Waals surface area contributed by atoms with Crippen LogP contribution in [0.3, 0.4) is 0 Å². The third-order valence-corrected chi connectivity index (χ3v) is 3.71. The number of benzene rings is 2. The minimum absolute atomic E-state index is 0.365. The van der Waals surface area contributed by atoms with E-state index in [2.05, 4.69) is 9.97 Å². The van der Waals surface area contributed by atoms with Crippen molar-refractivity contribution in [3.8, 4) is 11.4 Å². The van der Waals surface area contributed by atoms with Gasteiger partial charge >= 0.3 is 5.97 Å². The van der Waals surface area contributed by atoms with Crippen LogP contribution in [-0.2, 0) is 4.74 Å². The van der Waals surface area contributed by atoms with Crippen LogP contribution >= 0.6 is 23.2 Å². The van der Waals surface area contributed by atoms with E-state index < -0.39 is 5.97 Å². The molecule has 0 bridgehead atoms. The highest BCUT2D eigenvalue weighted by atomic mass is 35.5. The molecule has 1 N–H and O–H groups in total. The summed E-state index contributed by atoms with van der Waals surface area (Å²) in [6, 6.07) is 10.5. The molecular weight excluding hydrogens is 311 g/mol. The van der Waals surface area contributed by atoms with Gasteiger partial charge in [0, 0.05) is 5.56 Å². The second kappa shape index (κ2) is 5.39. The number of H-pyrrole nitrogens is 1. The molecule has 106 valence electrons. The number of nitrogens with one attached hydrogen (secondary N) is 1. The molecule has 6 heteroatoms. The summed E-state index contributed by atoms with van der Waals surface area (Å²) in [5.41, 5.74) is 2.37. The van der Waals surface area contributed by atoms with Crippen LogP contribution in [0.4, 0.5) is 0 Å². The largest absolute Gasteiger partial charge is 0.465 e. The topological polar surface area (TPSA) is 55.0 Å². The van der Waals surface area contributed by atoms with Crippen LogP contribution in [0.2, 0.25) is 10.0 Å². The molecule has 0 fully saturated rings. The summed E-state index contributed by atoms with van der Waals surface area (Å²) in [5, 5.41) is 0.961. The van der Waals surface area contributed by atoms with E-state index in [4.69, 9.17) is 27.9 Å². The van der Waals surface area contributed by atoms with Crippen molar-refractivity contribution in [2.45, 2.75) is 0 Å². The lowest BCUT2D eigenvalue weighted by Crippen LogP contribution is -2.00. The summed E-state index contributed by atoms with van der Waals surface area (Å²) in [7, 11) is 1.32. The molecule has 0 unspecified atom stereocenters. The van der Waals surface area contributed by atoms with Gasteiger partial charge in [0.1, 0.15) is 11.3 Å². The first kappa shape index (κ1) is 13.9. The Bertz CT molecular complexity index is 843. The molecule has 3 rings (SSSR count). The van der Waals surface area contributed by atoms with Crippen molar-refractivity contribution < 1.29 is 9.53 Å². The summed E-state index contributed by atoms with van der Waals surface area (Å²) in [5.74, 6) is 0.146. The average molecular weight is 321 g/mol. The van der Waals surface area contributed by atoms with Crippen LogP contribution in [0.1, 0.15) is 10.4 Å². The predicted octanol–water partition coefficient (Wildman–Crippen LogP) is 4.32. The highest BCUT2D eigenvalue weighted by molar-refractivity contribution is 6.35. The van der Waals surface area contributed by atoms with Gasteiger partial charge in [-0.3, -0.25) is 0 Å². The van der Waals surface area contributed by atoms with Gasteiger partial charge in [-0.15, -0.1) is 0 Å². The number of aromatic amines is 1. The van der Waals surface area contributed by atoms with E-state index >= 15 is 0 Å². The van der Waals surface area contributed by atoms with E-state index in [-0.39, 0.29) is 0 Å². The van der Waals surface area contributed by atoms with Crippen LogP contribution in [0.15, 0.2) is 36.4 Å². The zero-order valence-electron chi connectivity index (χ0n) is 11.0. The van der Waals surface area contributed by atoms with Gasteiger partial charge in [0.05, 0.1) is 28.2 Å². The van der Waals surface area contributed by atoms with E-state index in [0.29, 0.717) is 32.5 Å². The smallest absolute Gasteiger partial charge is 0.337 e. The van der Waals surface area contributed by atoms with Gasteiger partial charge in [-0.05, 0) is 24.3 Å². The van der Waals surface area contributed by atoms with Crippen LogP contribution < -0.4 is 0 Å². The van der Waals surface area contributed by atoms with Crippen molar-refractivity contribution in [3.63, 3.8) is 0 Å². The fraction of sp³-hybridized carbons (Fsp3) is 0.0667. The van der Waals surface area contributed by atoms with Crippen LogP contribution in [0.5, 0.6) is 0 Å². The number of hydrogen-bond donors (Lipinski definition) is 1. The first-order valence-corrected chi connectivity index (χ1v) is 6.88. The molecule has 21 heavy (non-hydrogen) atoms. The highest BCUT2D eigenvalue weighted by Gasteiger charge is 2.14. The molecule has 2 aromatic carbocycles. The highest BCUT2D eigenvalue weighted by Crippen LogP contribution is 2.30. The molecule has 0 amide bonds. The number of nitrogens with zero attached hydrogens (tertiary/aromatic N) is 1. The molecule has 0 radical (unpaired) electrons. The Labute approximate surface area is 130 Å². The molecule has 0 atom stereocenters. The normalized spacial score (nSPS) is 10.8. The zero-order chi connectivity index (χ0) is 15.0. The summed E-state index contributed by atoms with van der Waals surface area (Å²) in [6.07, 6.45) is 0. The number of hydrogen-bond acceptors (Lipinski definition) is 3. The number of carbonyl (C=O) groups excluding carboxylic acids is 1. The van der Waals surface area contributed by atoms with E-state index in [1.165, 1.54) is 13.2 Å². The fourth-order valence-electron chi connectivity index (χ4n) is 2.09. The lowest BCUT2D eigenvalue weighted by atomic mass is 10.2. The second-order valence-corrected chi connectivity index (χ2v) is 5.23. The number of aromatic nitrogens is 2. The second-order valence-electron chi connectivity index (χ2n) is 4.41. The van der Waals surface area contributed by atoms with E-state index in [0.717, 1.165) is 5.56 Å². The van der Waals surface area contributed by atoms with Gasteiger partial charge in [0.2, 0.25) is 0 Å². The van der Waals surface area contributed by atoms with E-state index in [1.54, 1.807) is 12.1 Å². The van der Waals surface area contributed by atoms with Crippen molar-refractivity contribution in [1.82, 2.24) is 9.97 Å². The minimum Gasteiger partial charge on any atom is -0.465 e. The summed E-state index contributed by atoms with van der Waals surface area (Å²) in [4.78, 5) is 19.2. The first-order chi connectivity index (χ1) is 10.1. The predicted molar refractivity (Wildman–Crippen MR) is 82.9 cm³/mol. The number of halogens is 2. The lowest BCUT2D eigenvalue weighted by Gasteiger charge is -1.99. The maximum atomic E-state index is 11.6. The van der Waals surface area contributed by atoms with E-state index in [9.17, 15) is 4.79 Å². The third-order valence-electron chi connectivity index (χ3n) is 3.09. The number of carbonyl (C=O) groups is 1. The Morgan fingerprint density at radius 3 is 2.67 bits per heavy atom. The molecule has 1 aromatic heterocycles. The van der Waals surface area contributed by atoms with Crippen LogP contribution in [-0.4, -0.2) is 23.0 Å². The lowest BCUT2D eigenvalue weighted by molar-refractivity contribution is 0.0601. The van der Waals surface area contributed by atoms with Gasteiger partial charge in [0.15, 0.2) is 0 Å². The monoisotopic (exact) mass is 320 g/mol. The number of esters is 1. The Balaban J connectivity index is 2.19. The fourth-order valence-corrected chi connectivity index (χ4v) is 2.58. The maximum Gasteiger partial charge on any atom is 0.337 e. The molecule has 0 aliphatic heterocycles. The van der Waals surface area contributed by atoms with Gasteiger partial charge < -0.3 is 9.72 Å². The van der Waals surface area contributed by atoms with Crippen molar-refractivity contribution in [2.75, 3.05) is 7.11 Å². The molecule has 0 saturated carbocycles. The van der Waals surface area contributed by atoms with Crippen molar-refractivity contribution in [2.24, 2.45) is 0 Å². The molecule has 0 saturated heterocycles. The molecule has 4 nitrogen and oxygen atoms in total. The van der Waals surface area contributed by atoms with Crippen LogP contribution in [0.25, 0.3) is 22.4 Å². The zero-order valence-corrected chi connectivity index (χ0v) is 12.5. The van der Waals surface area contributed by atoms with Crippen LogP contribution in [0, 0.1) is 0 Å². The first-order valence-electron chi connectivity index (χ1n) is 6.12. The quantitative estimate of drug-likeness (QED) is 0.715. The summed E-state index contributed by atoms with van der Waals surface area (Å²) < 4.78 is 4.70. The Hall–Kier alpha value is -2.04. The molecule has 0 aliphatic rings. The summed E-state index contributed by atoms with van der Waals surface area (Å²) >= 11 is 12.3. The van der Waals surface area contributed by atoms with Crippen molar-refractivity contribution in [1.29, 1.82) is 0 Å². The molecular formula is C15H10Cl2N2O2. The van der Waals surface area contributed by atoms with Gasteiger partial charge in [-0.25, -0.2) is 9.78 Å². The Morgan fingerprint density at radius 2 is 1.95 bits per heavy atom. The van der Waals surface area contributed by atoms with Crippen molar-refractivity contribution in [3.05, 3.63) is 52.0 Å². The molecule has 3 aromatic rings.